The lowest BCUT2D eigenvalue weighted by atomic mass is 10.1. The molecular formula is C18H21N3O4S. The number of benzene rings is 1. The van der Waals surface area contributed by atoms with Gasteiger partial charge < -0.3 is 29.4 Å². The molecule has 0 spiro atoms. The third-order valence-corrected chi connectivity index (χ3v) is 4.62. The van der Waals surface area contributed by atoms with Crippen LogP contribution >= 0.6 is 12.2 Å². The Morgan fingerprint density at radius 1 is 1.12 bits per heavy atom. The van der Waals surface area contributed by atoms with Gasteiger partial charge in [0, 0.05) is 26.2 Å². The largest absolute Gasteiger partial charge is 0.492 e. The molecule has 1 aliphatic rings. The Kier molecular flexibility index (Phi) is 5.32. The van der Waals surface area contributed by atoms with Gasteiger partial charge in [0.25, 0.3) is 5.91 Å². The summed E-state index contributed by atoms with van der Waals surface area (Å²) in [5.74, 6) is 1.37. The summed E-state index contributed by atoms with van der Waals surface area (Å²) in [6, 6.07) is 7.14. The number of nitrogens with two attached hydrogens (primary N) is 1. The molecule has 0 radical (unpaired) electrons. The van der Waals surface area contributed by atoms with Crippen LogP contribution in [-0.4, -0.2) is 56.2 Å². The molecule has 2 N–H and O–H groups in total. The fraction of sp³-hybridized carbons (Fsp3) is 0.333. The highest BCUT2D eigenvalue weighted by molar-refractivity contribution is 7.80. The zero-order valence-corrected chi connectivity index (χ0v) is 15.5. The molecule has 8 heteroatoms. The van der Waals surface area contributed by atoms with Crippen molar-refractivity contribution < 1.29 is 18.7 Å². The van der Waals surface area contributed by atoms with Gasteiger partial charge in [0.1, 0.15) is 4.99 Å². The molecule has 3 rings (SSSR count). The van der Waals surface area contributed by atoms with Gasteiger partial charge in [-0.25, -0.2) is 0 Å². The molecule has 1 fully saturated rings. The molecule has 0 bridgehead atoms. The van der Waals surface area contributed by atoms with Gasteiger partial charge in [0.15, 0.2) is 17.3 Å². The smallest absolute Gasteiger partial charge is 0.289 e. The lowest BCUT2D eigenvalue weighted by Gasteiger charge is -2.36. The number of thiocarbonyl (C=S) groups is 1. The number of amides is 1. The minimum absolute atomic E-state index is 0.0944. The van der Waals surface area contributed by atoms with Crippen LogP contribution < -0.4 is 20.1 Å². The van der Waals surface area contributed by atoms with E-state index >= 15 is 0 Å². The summed E-state index contributed by atoms with van der Waals surface area (Å²) in [5, 5.41) is 0. The van der Waals surface area contributed by atoms with E-state index in [1.165, 1.54) is 6.26 Å². The summed E-state index contributed by atoms with van der Waals surface area (Å²) in [5.41, 5.74) is 7.29. The van der Waals surface area contributed by atoms with E-state index in [0.717, 1.165) is 5.69 Å². The number of nitrogens with zero attached hydrogens (tertiary/aromatic N) is 2. The Bertz CT molecular complexity index is 799. The van der Waals surface area contributed by atoms with E-state index in [-0.39, 0.29) is 10.9 Å². The van der Waals surface area contributed by atoms with Crippen LogP contribution in [0.15, 0.2) is 34.9 Å². The number of furan rings is 1. The molecule has 2 aromatic rings. The van der Waals surface area contributed by atoms with Gasteiger partial charge >= 0.3 is 0 Å². The minimum atomic E-state index is -0.0944. The van der Waals surface area contributed by atoms with Crippen LogP contribution in [0.5, 0.6) is 11.5 Å². The van der Waals surface area contributed by atoms with Gasteiger partial charge in [-0.1, -0.05) is 12.2 Å². The Hall–Kier alpha value is -2.74. The minimum Gasteiger partial charge on any atom is -0.492 e. The van der Waals surface area contributed by atoms with Gasteiger partial charge in [-0.2, -0.15) is 0 Å². The van der Waals surface area contributed by atoms with Crippen LogP contribution in [-0.2, 0) is 0 Å². The first-order valence-corrected chi connectivity index (χ1v) is 8.60. The summed E-state index contributed by atoms with van der Waals surface area (Å²) in [6.45, 7) is 2.50. The Labute approximate surface area is 157 Å². The van der Waals surface area contributed by atoms with Crippen LogP contribution in [0.2, 0.25) is 0 Å². The number of hydrogen-bond acceptors (Lipinski definition) is 6. The number of hydrogen-bond donors (Lipinski definition) is 1. The van der Waals surface area contributed by atoms with E-state index in [1.807, 2.05) is 12.1 Å². The number of carbonyl (C=O) groups is 1. The molecule has 1 aromatic carbocycles. The lowest BCUT2D eigenvalue weighted by molar-refractivity contribution is 0.0714. The SMILES string of the molecule is COc1c(C(N)=S)ccc(N2CCN(C(=O)c3ccco3)CC2)c1OC. The average molecular weight is 375 g/mol. The molecule has 1 saturated heterocycles. The summed E-state index contributed by atoms with van der Waals surface area (Å²) in [4.78, 5) is 16.6. The standard InChI is InChI=1S/C18H21N3O4S/c1-23-15-12(17(19)26)5-6-13(16(15)24-2)20-7-9-21(10-8-20)18(22)14-4-3-11-25-14/h3-6,11H,7-10H2,1-2H3,(H2,19,26). The van der Waals surface area contributed by atoms with Gasteiger partial charge in [0.05, 0.1) is 31.7 Å². The van der Waals surface area contributed by atoms with Crippen LogP contribution in [0, 0.1) is 0 Å². The first-order chi connectivity index (χ1) is 12.6. The second kappa shape index (κ2) is 7.65. The first-order valence-electron chi connectivity index (χ1n) is 8.19. The lowest BCUT2D eigenvalue weighted by Crippen LogP contribution is -2.48. The molecule has 0 atom stereocenters. The molecule has 0 saturated carbocycles. The summed E-state index contributed by atoms with van der Waals surface area (Å²) >= 11 is 5.08. The average Bonchev–Trinajstić information content (AvgIpc) is 3.20. The predicted octanol–water partition coefficient (Wildman–Crippen LogP) is 1.89. The maximum atomic E-state index is 12.4. The van der Waals surface area contributed by atoms with Gasteiger partial charge in [-0.15, -0.1) is 0 Å². The third kappa shape index (κ3) is 3.32. The number of piperazine rings is 1. The fourth-order valence-corrected chi connectivity index (χ4v) is 3.26. The molecule has 7 nitrogen and oxygen atoms in total. The van der Waals surface area contributed by atoms with E-state index < -0.39 is 0 Å². The van der Waals surface area contributed by atoms with E-state index in [1.54, 1.807) is 31.3 Å². The van der Waals surface area contributed by atoms with Gasteiger partial charge in [-0.3, -0.25) is 4.79 Å². The molecule has 2 heterocycles. The zero-order chi connectivity index (χ0) is 18.7. The maximum absolute atomic E-state index is 12.4. The Morgan fingerprint density at radius 3 is 2.35 bits per heavy atom. The molecule has 1 aliphatic heterocycles. The molecule has 1 aromatic heterocycles. The van der Waals surface area contributed by atoms with Crippen LogP contribution in [0.1, 0.15) is 16.1 Å². The Morgan fingerprint density at radius 2 is 1.81 bits per heavy atom. The second-order valence-electron chi connectivity index (χ2n) is 5.82. The fourth-order valence-electron chi connectivity index (χ4n) is 3.10. The number of ether oxygens (including phenoxy) is 2. The van der Waals surface area contributed by atoms with E-state index in [9.17, 15) is 4.79 Å². The first kappa shape index (κ1) is 18.1. The van der Waals surface area contributed by atoms with Crippen molar-refractivity contribution in [3.63, 3.8) is 0 Å². The Balaban J connectivity index is 1.79. The molecule has 138 valence electrons. The van der Waals surface area contributed by atoms with Gasteiger partial charge in [0.2, 0.25) is 0 Å². The van der Waals surface area contributed by atoms with Crippen molar-refractivity contribution in [2.45, 2.75) is 0 Å². The topological polar surface area (TPSA) is 81.2 Å². The molecule has 0 aliphatic carbocycles. The highest BCUT2D eigenvalue weighted by Gasteiger charge is 2.27. The van der Waals surface area contributed by atoms with Crippen LogP contribution in [0.3, 0.4) is 0 Å². The van der Waals surface area contributed by atoms with Crippen molar-refractivity contribution in [2.24, 2.45) is 5.73 Å². The zero-order valence-electron chi connectivity index (χ0n) is 14.7. The molecular weight excluding hydrogens is 354 g/mol. The van der Waals surface area contributed by atoms with Crippen molar-refractivity contribution in [1.82, 2.24) is 4.90 Å². The quantitative estimate of drug-likeness (QED) is 0.799. The van der Waals surface area contributed by atoms with Gasteiger partial charge in [-0.05, 0) is 24.3 Å². The molecule has 1 amide bonds. The second-order valence-corrected chi connectivity index (χ2v) is 6.26. The summed E-state index contributed by atoms with van der Waals surface area (Å²) < 4.78 is 16.2. The van der Waals surface area contributed by atoms with Crippen molar-refractivity contribution in [1.29, 1.82) is 0 Å². The monoisotopic (exact) mass is 375 g/mol. The highest BCUT2D eigenvalue weighted by Crippen LogP contribution is 2.40. The van der Waals surface area contributed by atoms with Crippen molar-refractivity contribution in [2.75, 3.05) is 45.3 Å². The normalized spacial score (nSPS) is 14.2. The van der Waals surface area contributed by atoms with E-state index in [4.69, 9.17) is 31.8 Å². The van der Waals surface area contributed by atoms with Crippen molar-refractivity contribution in [3.8, 4) is 11.5 Å². The number of anilines is 1. The maximum Gasteiger partial charge on any atom is 0.289 e. The molecule has 0 unspecified atom stereocenters. The van der Waals surface area contributed by atoms with E-state index in [2.05, 4.69) is 4.90 Å². The van der Waals surface area contributed by atoms with Crippen molar-refractivity contribution in [3.05, 3.63) is 41.9 Å². The number of carbonyl (C=O) groups excluding carboxylic acids is 1. The van der Waals surface area contributed by atoms with Crippen LogP contribution in [0.25, 0.3) is 0 Å². The number of methoxy groups -OCH3 is 2. The summed E-state index contributed by atoms with van der Waals surface area (Å²) in [7, 11) is 3.14. The third-order valence-electron chi connectivity index (χ3n) is 4.40. The predicted molar refractivity (Wildman–Crippen MR) is 102 cm³/mol. The van der Waals surface area contributed by atoms with Crippen molar-refractivity contribution >= 4 is 28.8 Å². The highest BCUT2D eigenvalue weighted by atomic mass is 32.1. The van der Waals surface area contributed by atoms with Crippen LogP contribution in [0.4, 0.5) is 5.69 Å². The molecule has 26 heavy (non-hydrogen) atoms. The van der Waals surface area contributed by atoms with E-state index in [0.29, 0.717) is 49.0 Å². The summed E-state index contributed by atoms with van der Waals surface area (Å²) in [6.07, 6.45) is 1.50. The number of rotatable bonds is 5.